The van der Waals surface area contributed by atoms with E-state index in [1.54, 1.807) is 0 Å². The molecule has 0 aliphatic heterocycles. The molecule has 0 bridgehead atoms. The molecule has 18 heavy (non-hydrogen) atoms. The molecule has 0 heterocycles. The van der Waals surface area contributed by atoms with Crippen molar-refractivity contribution in [3.63, 3.8) is 0 Å². The van der Waals surface area contributed by atoms with Crippen molar-refractivity contribution in [2.24, 2.45) is 0 Å². The molecule has 0 aliphatic carbocycles. The highest BCUT2D eigenvalue weighted by Crippen LogP contribution is 2.20. The van der Waals surface area contributed by atoms with Crippen LogP contribution >= 0.6 is 0 Å². The Morgan fingerprint density at radius 2 is 1.39 bits per heavy atom. The summed E-state index contributed by atoms with van der Waals surface area (Å²) in [5, 5.41) is 0. The lowest BCUT2D eigenvalue weighted by Crippen LogP contribution is -2.26. The number of rotatable bonds is 9. The van der Waals surface area contributed by atoms with Crippen LogP contribution in [0.15, 0.2) is 24.3 Å². The monoisotopic (exact) mass is 247 g/mol. The zero-order valence-electron chi connectivity index (χ0n) is 12.4. The Kier molecular flexibility index (Phi) is 7.55. The Balaban J connectivity index is 2.60. The van der Waals surface area contributed by atoms with Crippen molar-refractivity contribution < 1.29 is 0 Å². The van der Waals surface area contributed by atoms with Gasteiger partial charge in [0.2, 0.25) is 0 Å². The van der Waals surface area contributed by atoms with E-state index in [9.17, 15) is 0 Å². The Bertz CT molecular complexity index is 309. The second-order valence-corrected chi connectivity index (χ2v) is 5.19. The van der Waals surface area contributed by atoms with E-state index in [2.05, 4.69) is 49.9 Å². The molecule has 0 N–H and O–H groups in total. The lowest BCUT2D eigenvalue weighted by Gasteiger charge is -2.26. The minimum atomic E-state index is 1.21. The number of para-hydroxylation sites is 1. The van der Waals surface area contributed by atoms with Gasteiger partial charge in [-0.1, -0.05) is 57.7 Å². The van der Waals surface area contributed by atoms with E-state index in [0.717, 1.165) is 0 Å². The second-order valence-electron chi connectivity index (χ2n) is 5.19. The molecule has 0 aliphatic rings. The fourth-order valence-electron chi connectivity index (χ4n) is 2.38. The zero-order valence-corrected chi connectivity index (χ0v) is 12.4. The van der Waals surface area contributed by atoms with Crippen LogP contribution in [0.5, 0.6) is 0 Å². The van der Waals surface area contributed by atoms with E-state index < -0.39 is 0 Å². The van der Waals surface area contributed by atoms with E-state index >= 15 is 0 Å². The zero-order chi connectivity index (χ0) is 13.2. The van der Waals surface area contributed by atoms with E-state index in [1.165, 1.54) is 62.9 Å². The van der Waals surface area contributed by atoms with Crippen molar-refractivity contribution >= 4 is 5.69 Å². The summed E-state index contributed by atoms with van der Waals surface area (Å²) in [5.41, 5.74) is 2.84. The number of hydrogen-bond donors (Lipinski definition) is 0. The average Bonchev–Trinajstić information content (AvgIpc) is 2.38. The molecule has 0 unspecified atom stereocenters. The van der Waals surface area contributed by atoms with Crippen LogP contribution in [0.4, 0.5) is 5.69 Å². The molecule has 0 atom stereocenters. The molecule has 1 nitrogen and oxygen atoms in total. The SMILES string of the molecule is CCCCCN(CCCCC)c1ccccc1C. The van der Waals surface area contributed by atoms with Crippen molar-refractivity contribution in [1.82, 2.24) is 0 Å². The quantitative estimate of drug-likeness (QED) is 0.543. The molecule has 0 aromatic heterocycles. The summed E-state index contributed by atoms with van der Waals surface area (Å²) in [4.78, 5) is 2.58. The Labute approximate surface area is 113 Å². The number of nitrogens with zero attached hydrogens (tertiary/aromatic N) is 1. The minimum Gasteiger partial charge on any atom is -0.371 e. The van der Waals surface area contributed by atoms with Gasteiger partial charge in [-0.05, 0) is 31.4 Å². The lowest BCUT2D eigenvalue weighted by atomic mass is 10.1. The third kappa shape index (κ3) is 5.12. The molecule has 1 rings (SSSR count). The Morgan fingerprint density at radius 3 is 1.89 bits per heavy atom. The number of hydrogen-bond acceptors (Lipinski definition) is 1. The summed E-state index contributed by atoms with van der Waals surface area (Å²) >= 11 is 0. The maximum Gasteiger partial charge on any atom is 0.0395 e. The summed E-state index contributed by atoms with van der Waals surface area (Å²) in [7, 11) is 0. The van der Waals surface area contributed by atoms with Crippen LogP contribution in [0.3, 0.4) is 0 Å². The Morgan fingerprint density at radius 1 is 0.833 bits per heavy atom. The summed E-state index contributed by atoms with van der Waals surface area (Å²) < 4.78 is 0. The maximum atomic E-state index is 2.58. The number of unbranched alkanes of at least 4 members (excludes halogenated alkanes) is 4. The smallest absolute Gasteiger partial charge is 0.0395 e. The predicted molar refractivity (Wildman–Crippen MR) is 82.4 cm³/mol. The molecule has 1 aromatic rings. The number of benzene rings is 1. The van der Waals surface area contributed by atoms with Gasteiger partial charge in [-0.3, -0.25) is 0 Å². The highest BCUT2D eigenvalue weighted by molar-refractivity contribution is 5.52. The maximum absolute atomic E-state index is 2.58. The van der Waals surface area contributed by atoms with Crippen LogP contribution in [0, 0.1) is 6.92 Å². The topological polar surface area (TPSA) is 3.24 Å². The number of aryl methyl sites for hydroxylation is 1. The van der Waals surface area contributed by atoms with Crippen molar-refractivity contribution in [2.45, 2.75) is 59.3 Å². The molecule has 0 spiro atoms. The third-order valence-electron chi connectivity index (χ3n) is 3.52. The average molecular weight is 247 g/mol. The first-order chi connectivity index (χ1) is 8.79. The van der Waals surface area contributed by atoms with Gasteiger partial charge in [-0.15, -0.1) is 0 Å². The first-order valence-corrected chi connectivity index (χ1v) is 7.60. The van der Waals surface area contributed by atoms with Crippen LogP contribution < -0.4 is 4.90 Å². The van der Waals surface area contributed by atoms with Crippen LogP contribution in [0.25, 0.3) is 0 Å². The predicted octanol–water partition coefficient (Wildman–Crippen LogP) is 5.18. The van der Waals surface area contributed by atoms with Crippen molar-refractivity contribution in [1.29, 1.82) is 0 Å². The fourth-order valence-corrected chi connectivity index (χ4v) is 2.38. The van der Waals surface area contributed by atoms with Gasteiger partial charge in [0.05, 0.1) is 0 Å². The van der Waals surface area contributed by atoms with Gasteiger partial charge in [0, 0.05) is 18.8 Å². The van der Waals surface area contributed by atoms with Crippen molar-refractivity contribution in [3.05, 3.63) is 29.8 Å². The van der Waals surface area contributed by atoms with Crippen molar-refractivity contribution in [2.75, 3.05) is 18.0 Å². The van der Waals surface area contributed by atoms with E-state index in [-0.39, 0.29) is 0 Å². The summed E-state index contributed by atoms with van der Waals surface area (Å²) in [6, 6.07) is 8.79. The third-order valence-corrected chi connectivity index (χ3v) is 3.52. The normalized spacial score (nSPS) is 10.6. The summed E-state index contributed by atoms with van der Waals surface area (Å²) in [6.07, 6.45) is 7.92. The molecule has 1 heteroatoms. The lowest BCUT2D eigenvalue weighted by molar-refractivity contribution is 0.635. The molecule has 102 valence electrons. The minimum absolute atomic E-state index is 1.21. The van der Waals surface area contributed by atoms with Crippen LogP contribution in [0.1, 0.15) is 57.9 Å². The van der Waals surface area contributed by atoms with Crippen LogP contribution in [-0.4, -0.2) is 13.1 Å². The Hall–Kier alpha value is -0.980. The first kappa shape index (κ1) is 15.1. The molecular weight excluding hydrogens is 218 g/mol. The van der Waals surface area contributed by atoms with Gasteiger partial charge < -0.3 is 4.90 Å². The number of anilines is 1. The summed E-state index contributed by atoms with van der Waals surface area (Å²) in [5.74, 6) is 0. The van der Waals surface area contributed by atoms with Gasteiger partial charge in [0.25, 0.3) is 0 Å². The van der Waals surface area contributed by atoms with E-state index in [1.807, 2.05) is 0 Å². The van der Waals surface area contributed by atoms with Gasteiger partial charge in [0.1, 0.15) is 0 Å². The first-order valence-electron chi connectivity index (χ1n) is 7.60. The van der Waals surface area contributed by atoms with Gasteiger partial charge in [-0.2, -0.15) is 0 Å². The molecule has 0 amide bonds. The molecule has 0 fully saturated rings. The van der Waals surface area contributed by atoms with Gasteiger partial charge in [0.15, 0.2) is 0 Å². The van der Waals surface area contributed by atoms with Crippen molar-refractivity contribution in [3.8, 4) is 0 Å². The fraction of sp³-hybridized carbons (Fsp3) is 0.647. The standard InChI is InChI=1S/C17H29N/c1-4-6-10-14-18(15-11-7-5-2)17-13-9-8-12-16(17)3/h8-9,12-13H,4-7,10-11,14-15H2,1-3H3. The highest BCUT2D eigenvalue weighted by atomic mass is 15.1. The highest BCUT2D eigenvalue weighted by Gasteiger charge is 2.07. The summed E-state index contributed by atoms with van der Waals surface area (Å²) in [6.45, 7) is 9.19. The molecular formula is C17H29N. The van der Waals surface area contributed by atoms with Crippen LogP contribution in [0.2, 0.25) is 0 Å². The van der Waals surface area contributed by atoms with E-state index in [4.69, 9.17) is 0 Å². The largest absolute Gasteiger partial charge is 0.371 e. The molecule has 0 saturated carbocycles. The molecule has 1 aromatic carbocycles. The van der Waals surface area contributed by atoms with E-state index in [0.29, 0.717) is 0 Å². The molecule has 0 saturated heterocycles. The molecule has 0 radical (unpaired) electrons. The van der Waals surface area contributed by atoms with Gasteiger partial charge in [-0.25, -0.2) is 0 Å². The van der Waals surface area contributed by atoms with Crippen LogP contribution in [-0.2, 0) is 0 Å². The second kappa shape index (κ2) is 9.02. The van der Waals surface area contributed by atoms with Gasteiger partial charge >= 0.3 is 0 Å².